The molecule has 0 bridgehead atoms. The maximum Gasteiger partial charge on any atom is 0.410 e. The van der Waals surface area contributed by atoms with E-state index in [0.29, 0.717) is 30.1 Å². The van der Waals surface area contributed by atoms with Gasteiger partial charge in [0.1, 0.15) is 16.9 Å². The summed E-state index contributed by atoms with van der Waals surface area (Å²) >= 11 is 0. The number of aryl methyl sites for hydroxylation is 1. The Morgan fingerprint density at radius 3 is 2.38 bits per heavy atom. The summed E-state index contributed by atoms with van der Waals surface area (Å²) in [7, 11) is 0. The Bertz CT molecular complexity index is 1490. The molecule has 4 aromatic rings. The molecule has 1 fully saturated rings. The molecule has 7 nitrogen and oxygen atoms in total. The van der Waals surface area contributed by atoms with Crippen LogP contribution in [-0.4, -0.2) is 53.6 Å². The van der Waals surface area contributed by atoms with E-state index >= 15 is 0 Å². The minimum Gasteiger partial charge on any atom is -0.456 e. The Morgan fingerprint density at radius 2 is 1.64 bits per heavy atom. The molecule has 0 saturated carbocycles. The minimum atomic E-state index is -0.488. The van der Waals surface area contributed by atoms with Crippen LogP contribution in [0.3, 0.4) is 0 Å². The number of nitrogens with one attached hydrogen (secondary N) is 1. The van der Waals surface area contributed by atoms with Crippen molar-refractivity contribution in [3.8, 4) is 11.3 Å². The summed E-state index contributed by atoms with van der Waals surface area (Å²) in [5, 5.41) is 4.06. The summed E-state index contributed by atoms with van der Waals surface area (Å²) in [6.45, 7) is 11.2. The number of furan rings is 1. The van der Waals surface area contributed by atoms with Gasteiger partial charge >= 0.3 is 6.09 Å². The van der Waals surface area contributed by atoms with Crippen LogP contribution in [0.25, 0.3) is 22.3 Å². The number of carbonyl (C=O) groups excluding carboxylic acids is 2. The van der Waals surface area contributed by atoms with Gasteiger partial charge in [0.05, 0.1) is 5.69 Å². The zero-order chi connectivity index (χ0) is 27.6. The van der Waals surface area contributed by atoms with Crippen molar-refractivity contribution in [1.82, 2.24) is 9.80 Å². The normalized spacial score (nSPS) is 14.4. The van der Waals surface area contributed by atoms with Crippen LogP contribution in [0, 0.1) is 6.92 Å². The molecule has 0 spiro atoms. The van der Waals surface area contributed by atoms with Crippen molar-refractivity contribution in [2.75, 3.05) is 31.5 Å². The third kappa shape index (κ3) is 6.32. The number of hydrogen-bond donors (Lipinski definition) is 1. The van der Waals surface area contributed by atoms with Crippen LogP contribution in [0.1, 0.15) is 42.3 Å². The molecule has 0 unspecified atom stereocenters. The average molecular weight is 526 g/mol. The SMILES string of the molecule is Cc1ccccc1C(=O)Nc1ccccc1-c1cc2ccc(CN3CCN(C(=O)OC(C)(C)C)CC3)cc2o1. The molecule has 2 amide bonds. The predicted octanol–water partition coefficient (Wildman–Crippen LogP) is 6.71. The van der Waals surface area contributed by atoms with Crippen molar-refractivity contribution >= 4 is 28.7 Å². The molecule has 1 aliphatic heterocycles. The number of nitrogens with zero attached hydrogens (tertiary/aromatic N) is 2. The largest absolute Gasteiger partial charge is 0.456 e. The fraction of sp³-hybridized carbons (Fsp3) is 0.312. The molecular formula is C32H35N3O4. The second kappa shape index (κ2) is 10.9. The summed E-state index contributed by atoms with van der Waals surface area (Å²) in [5.41, 5.74) is 4.57. The van der Waals surface area contributed by atoms with E-state index in [4.69, 9.17) is 9.15 Å². The number of amides is 2. The van der Waals surface area contributed by atoms with Crippen LogP contribution in [0.2, 0.25) is 0 Å². The lowest BCUT2D eigenvalue weighted by Gasteiger charge is -2.35. The Hall–Kier alpha value is -4.10. The molecule has 39 heavy (non-hydrogen) atoms. The Morgan fingerprint density at radius 1 is 0.923 bits per heavy atom. The molecule has 0 radical (unpaired) electrons. The molecule has 202 valence electrons. The van der Waals surface area contributed by atoms with Crippen molar-refractivity contribution in [3.63, 3.8) is 0 Å². The first-order chi connectivity index (χ1) is 18.7. The van der Waals surface area contributed by atoms with Gasteiger partial charge in [-0.1, -0.05) is 42.5 Å². The first-order valence-corrected chi connectivity index (χ1v) is 13.4. The number of ether oxygens (including phenoxy) is 1. The molecule has 1 saturated heterocycles. The van der Waals surface area contributed by atoms with E-state index < -0.39 is 5.60 Å². The van der Waals surface area contributed by atoms with Crippen LogP contribution < -0.4 is 5.32 Å². The third-order valence-electron chi connectivity index (χ3n) is 6.85. The Balaban J connectivity index is 1.28. The Labute approximate surface area is 229 Å². The number of benzene rings is 3. The van der Waals surface area contributed by atoms with Gasteiger partial charge in [-0.3, -0.25) is 9.69 Å². The molecule has 5 rings (SSSR count). The topological polar surface area (TPSA) is 75.0 Å². The second-order valence-corrected chi connectivity index (χ2v) is 11.0. The van der Waals surface area contributed by atoms with Gasteiger partial charge in [0.15, 0.2) is 0 Å². The molecule has 1 aliphatic rings. The number of hydrogen-bond acceptors (Lipinski definition) is 5. The molecule has 0 aliphatic carbocycles. The molecule has 1 N–H and O–H groups in total. The third-order valence-corrected chi connectivity index (χ3v) is 6.85. The molecule has 3 aromatic carbocycles. The number of carbonyl (C=O) groups is 2. The zero-order valence-corrected chi connectivity index (χ0v) is 23.0. The molecule has 1 aromatic heterocycles. The van der Waals surface area contributed by atoms with Crippen LogP contribution in [-0.2, 0) is 11.3 Å². The van der Waals surface area contributed by atoms with Crippen molar-refractivity contribution in [2.45, 2.75) is 39.8 Å². The maximum absolute atomic E-state index is 13.0. The highest BCUT2D eigenvalue weighted by Gasteiger charge is 2.26. The van der Waals surface area contributed by atoms with E-state index in [-0.39, 0.29) is 12.0 Å². The highest BCUT2D eigenvalue weighted by molar-refractivity contribution is 6.07. The number of piperazine rings is 1. The fourth-order valence-corrected chi connectivity index (χ4v) is 4.80. The van der Waals surface area contributed by atoms with Crippen molar-refractivity contribution < 1.29 is 18.7 Å². The van der Waals surface area contributed by atoms with Crippen LogP contribution >= 0.6 is 0 Å². The van der Waals surface area contributed by atoms with Crippen molar-refractivity contribution in [1.29, 1.82) is 0 Å². The smallest absolute Gasteiger partial charge is 0.410 e. The van der Waals surface area contributed by atoms with Crippen LogP contribution in [0.15, 0.2) is 77.2 Å². The fourth-order valence-electron chi connectivity index (χ4n) is 4.80. The molecule has 7 heteroatoms. The summed E-state index contributed by atoms with van der Waals surface area (Å²) < 4.78 is 11.8. The van der Waals surface area contributed by atoms with Crippen LogP contribution in [0.5, 0.6) is 0 Å². The molecule has 0 atom stereocenters. The van der Waals surface area contributed by atoms with Gasteiger partial charge in [0, 0.05) is 49.2 Å². The first-order valence-electron chi connectivity index (χ1n) is 13.4. The number of fused-ring (bicyclic) bond motifs is 1. The van der Waals surface area contributed by atoms with Gasteiger partial charge in [-0.15, -0.1) is 0 Å². The van der Waals surface area contributed by atoms with Crippen molar-refractivity contribution in [3.05, 3.63) is 89.5 Å². The Kier molecular flexibility index (Phi) is 7.44. The summed E-state index contributed by atoms with van der Waals surface area (Å²) in [6.07, 6.45) is -0.248. The lowest BCUT2D eigenvalue weighted by Crippen LogP contribution is -2.49. The lowest BCUT2D eigenvalue weighted by molar-refractivity contribution is 0.0139. The van der Waals surface area contributed by atoms with Gasteiger partial charge in [-0.25, -0.2) is 4.79 Å². The quantitative estimate of drug-likeness (QED) is 0.313. The van der Waals surface area contributed by atoms with E-state index in [1.165, 1.54) is 0 Å². The summed E-state index contributed by atoms with van der Waals surface area (Å²) in [4.78, 5) is 29.4. The molecule has 2 heterocycles. The van der Waals surface area contributed by atoms with Gasteiger partial charge in [-0.2, -0.15) is 0 Å². The predicted molar refractivity (Wildman–Crippen MR) is 154 cm³/mol. The first kappa shape index (κ1) is 26.5. The average Bonchev–Trinajstić information content (AvgIpc) is 3.32. The second-order valence-electron chi connectivity index (χ2n) is 11.0. The lowest BCUT2D eigenvalue weighted by atomic mass is 10.1. The highest BCUT2D eigenvalue weighted by atomic mass is 16.6. The van der Waals surface area contributed by atoms with Gasteiger partial charge < -0.3 is 19.4 Å². The van der Waals surface area contributed by atoms with Gasteiger partial charge in [0.2, 0.25) is 0 Å². The van der Waals surface area contributed by atoms with Crippen molar-refractivity contribution in [2.24, 2.45) is 0 Å². The monoisotopic (exact) mass is 525 g/mol. The standard InChI is InChI=1S/C32H35N3O4/c1-22-9-5-6-10-25(22)30(36)33-27-12-8-7-11-26(27)29-20-24-14-13-23(19-28(24)38-29)21-34-15-17-35(18-16-34)31(37)39-32(2,3)4/h5-14,19-20H,15-18,21H2,1-4H3,(H,33,36). The van der Waals surface area contributed by atoms with E-state index in [1.54, 1.807) is 4.90 Å². The number of anilines is 1. The van der Waals surface area contributed by atoms with E-state index in [1.807, 2.05) is 82.3 Å². The van der Waals surface area contributed by atoms with Gasteiger partial charge in [-0.05, 0) is 69.2 Å². The van der Waals surface area contributed by atoms with E-state index in [0.717, 1.165) is 47.3 Å². The maximum atomic E-state index is 13.0. The zero-order valence-electron chi connectivity index (χ0n) is 23.0. The summed E-state index contributed by atoms with van der Waals surface area (Å²) in [5.74, 6) is 0.555. The number of rotatable bonds is 5. The number of para-hydroxylation sites is 1. The highest BCUT2D eigenvalue weighted by Crippen LogP contribution is 2.33. The minimum absolute atomic E-state index is 0.147. The van der Waals surface area contributed by atoms with E-state index in [2.05, 4.69) is 28.4 Å². The van der Waals surface area contributed by atoms with Gasteiger partial charge in [0.25, 0.3) is 5.91 Å². The summed E-state index contributed by atoms with van der Waals surface area (Å²) in [6, 6.07) is 23.5. The molecular weight excluding hydrogens is 490 g/mol. The van der Waals surface area contributed by atoms with E-state index in [9.17, 15) is 9.59 Å². The van der Waals surface area contributed by atoms with Crippen LogP contribution in [0.4, 0.5) is 10.5 Å².